The molecule has 2 aromatic carbocycles. The van der Waals surface area contributed by atoms with E-state index in [1.807, 2.05) is 0 Å². The van der Waals surface area contributed by atoms with E-state index in [1.165, 1.54) is 11.3 Å². The molecule has 0 aliphatic heterocycles. The summed E-state index contributed by atoms with van der Waals surface area (Å²) in [6.45, 7) is 0.301. The Balaban J connectivity index is 1.90. The van der Waals surface area contributed by atoms with Crippen LogP contribution in [0.2, 0.25) is 4.47 Å². The molecule has 148 valence electrons. The summed E-state index contributed by atoms with van der Waals surface area (Å²) in [5.74, 6) is -3.87. The molecule has 0 atom stereocenters. The van der Waals surface area contributed by atoms with Gasteiger partial charge in [-0.05, 0) is 40.2 Å². The van der Waals surface area contributed by atoms with Gasteiger partial charge in [-0.2, -0.15) is 13.2 Å². The van der Waals surface area contributed by atoms with Gasteiger partial charge in [0, 0.05) is 11.1 Å². The van der Waals surface area contributed by atoms with Crippen molar-refractivity contribution in [3.8, 4) is 11.5 Å². The minimum Gasteiger partial charge on any atom is -0.448 e. The van der Waals surface area contributed by atoms with Crippen molar-refractivity contribution in [3.05, 3.63) is 67.5 Å². The minimum absolute atomic E-state index is 0.00988. The number of rotatable bonds is 5. The predicted octanol–water partition coefficient (Wildman–Crippen LogP) is 7.26. The maximum absolute atomic E-state index is 14.1. The van der Waals surface area contributed by atoms with Gasteiger partial charge in [0.25, 0.3) is 0 Å². The van der Waals surface area contributed by atoms with Gasteiger partial charge < -0.3 is 10.1 Å². The van der Waals surface area contributed by atoms with Crippen molar-refractivity contribution < 1.29 is 26.7 Å². The number of halogens is 7. The molecule has 0 amide bonds. The molecule has 0 saturated heterocycles. The van der Waals surface area contributed by atoms with Crippen molar-refractivity contribution >= 4 is 44.6 Å². The second-order valence-corrected chi connectivity index (χ2v) is 7.97. The molecule has 1 N–H and O–H groups in total. The number of alkyl halides is 3. The average molecular weight is 500 g/mol. The third-order valence-corrected chi connectivity index (χ3v) is 5.21. The third-order valence-electron chi connectivity index (χ3n) is 3.48. The number of nitrogens with zero attached hydrogens (tertiary/aromatic N) is 1. The van der Waals surface area contributed by atoms with Gasteiger partial charge >= 0.3 is 6.18 Å². The Labute approximate surface area is 173 Å². The summed E-state index contributed by atoms with van der Waals surface area (Å²) in [6, 6.07) is 5.16. The lowest BCUT2D eigenvalue weighted by Crippen LogP contribution is -2.07. The summed E-state index contributed by atoms with van der Waals surface area (Å²) < 4.78 is 72.3. The number of anilines is 1. The maximum Gasteiger partial charge on any atom is 0.416 e. The molecule has 1 aromatic heterocycles. The third kappa shape index (κ3) is 4.73. The lowest BCUT2D eigenvalue weighted by molar-refractivity contribution is -0.138. The number of aromatic nitrogens is 1. The van der Waals surface area contributed by atoms with Crippen molar-refractivity contribution in [1.82, 2.24) is 4.98 Å². The minimum atomic E-state index is -4.88. The average Bonchev–Trinajstić information content (AvgIpc) is 3.02. The monoisotopic (exact) mass is 498 g/mol. The zero-order chi connectivity index (χ0) is 20.5. The van der Waals surface area contributed by atoms with Crippen LogP contribution in [0.5, 0.6) is 11.5 Å². The van der Waals surface area contributed by atoms with Gasteiger partial charge in [-0.15, -0.1) is 11.3 Å². The lowest BCUT2D eigenvalue weighted by atomic mass is 10.2. The van der Waals surface area contributed by atoms with Crippen LogP contribution in [-0.4, -0.2) is 4.98 Å². The second kappa shape index (κ2) is 8.22. The van der Waals surface area contributed by atoms with Crippen LogP contribution in [-0.2, 0) is 12.7 Å². The normalized spacial score (nSPS) is 11.5. The molecule has 0 unspecified atom stereocenters. The van der Waals surface area contributed by atoms with E-state index in [4.69, 9.17) is 16.3 Å². The molecule has 1 heterocycles. The number of para-hydroxylation sites is 1. The zero-order valence-corrected chi connectivity index (χ0v) is 16.7. The van der Waals surface area contributed by atoms with Crippen LogP contribution in [0, 0.1) is 11.6 Å². The highest BCUT2D eigenvalue weighted by molar-refractivity contribution is 9.10. The van der Waals surface area contributed by atoms with E-state index in [1.54, 1.807) is 24.4 Å². The quantitative estimate of drug-likeness (QED) is 0.375. The molecule has 0 bridgehead atoms. The fourth-order valence-corrected chi connectivity index (χ4v) is 3.59. The topological polar surface area (TPSA) is 34.1 Å². The molecular weight excluding hydrogens is 491 g/mol. The van der Waals surface area contributed by atoms with Crippen molar-refractivity contribution in [2.45, 2.75) is 12.7 Å². The van der Waals surface area contributed by atoms with Crippen molar-refractivity contribution in [2.24, 2.45) is 0 Å². The summed E-state index contributed by atoms with van der Waals surface area (Å²) in [7, 11) is 0. The molecule has 0 aliphatic carbocycles. The van der Waals surface area contributed by atoms with Crippen LogP contribution in [0.1, 0.15) is 10.4 Å². The number of thiazole rings is 1. The number of ether oxygens (including phenoxy) is 1. The molecule has 28 heavy (non-hydrogen) atoms. The molecule has 3 nitrogen and oxygen atoms in total. The number of nitrogens with one attached hydrogen (secondary N) is 1. The highest BCUT2D eigenvalue weighted by Crippen LogP contribution is 2.40. The van der Waals surface area contributed by atoms with Crippen LogP contribution < -0.4 is 10.1 Å². The number of hydrogen-bond acceptors (Lipinski definition) is 4. The highest BCUT2D eigenvalue weighted by atomic mass is 79.9. The van der Waals surface area contributed by atoms with E-state index >= 15 is 0 Å². The fourth-order valence-electron chi connectivity index (χ4n) is 2.22. The molecule has 0 spiro atoms. The summed E-state index contributed by atoms with van der Waals surface area (Å²) in [6.07, 6.45) is -3.32. The first-order valence-corrected chi connectivity index (χ1v) is 9.50. The van der Waals surface area contributed by atoms with Gasteiger partial charge in [0.05, 0.1) is 22.3 Å². The molecule has 0 fully saturated rings. The summed E-state index contributed by atoms with van der Waals surface area (Å²) in [4.78, 5) is 4.69. The van der Waals surface area contributed by atoms with Gasteiger partial charge in [0.1, 0.15) is 0 Å². The number of benzene rings is 2. The Bertz CT molecular complexity index is 988. The van der Waals surface area contributed by atoms with E-state index < -0.39 is 29.1 Å². The van der Waals surface area contributed by atoms with E-state index in [0.717, 1.165) is 4.88 Å². The molecule has 3 rings (SSSR count). The molecule has 0 aliphatic rings. The maximum atomic E-state index is 14.1. The van der Waals surface area contributed by atoms with Crippen molar-refractivity contribution in [3.63, 3.8) is 0 Å². The molecule has 11 heteroatoms. The van der Waals surface area contributed by atoms with Crippen LogP contribution in [0.15, 0.2) is 41.0 Å². The van der Waals surface area contributed by atoms with Crippen LogP contribution >= 0.6 is 38.9 Å². The largest absolute Gasteiger partial charge is 0.448 e. The number of hydrogen-bond donors (Lipinski definition) is 1. The summed E-state index contributed by atoms with van der Waals surface area (Å²) in [5, 5.41) is 3.01. The Hall–Kier alpha value is -1.91. The molecular formula is C17H9BrClF5N2OS. The van der Waals surface area contributed by atoms with Gasteiger partial charge in [-0.1, -0.05) is 17.7 Å². The molecule has 0 radical (unpaired) electrons. The van der Waals surface area contributed by atoms with Gasteiger partial charge in [-0.25, -0.2) is 13.8 Å². The van der Waals surface area contributed by atoms with Crippen molar-refractivity contribution in [2.75, 3.05) is 5.32 Å². The lowest BCUT2D eigenvalue weighted by Gasteiger charge is -2.16. The SMILES string of the molecule is Fc1cc(C(F)(F)F)cc(F)c1Oc1c(Br)cccc1NCc1cnc(Cl)s1. The standard InChI is InChI=1S/C17H9BrClF5N2OS/c18-10-2-1-3-13(25-6-9-7-26-16(19)28-9)14(10)27-15-11(20)4-8(5-12(15)21)17(22,23)24/h1-5,7,25H,6H2. The summed E-state index contributed by atoms with van der Waals surface area (Å²) in [5.41, 5.74) is -1.08. The Morgan fingerprint density at radius 3 is 2.39 bits per heavy atom. The summed E-state index contributed by atoms with van der Waals surface area (Å²) >= 11 is 10.2. The van der Waals surface area contributed by atoms with E-state index in [2.05, 4.69) is 26.2 Å². The van der Waals surface area contributed by atoms with Crippen molar-refractivity contribution in [1.29, 1.82) is 0 Å². The van der Waals surface area contributed by atoms with Gasteiger partial charge in [-0.3, -0.25) is 0 Å². The Kier molecular flexibility index (Phi) is 6.11. The van der Waals surface area contributed by atoms with E-state index in [-0.39, 0.29) is 17.9 Å². The van der Waals surface area contributed by atoms with Crippen LogP contribution in [0.4, 0.5) is 27.6 Å². The Morgan fingerprint density at radius 2 is 1.82 bits per heavy atom. The first-order chi connectivity index (χ1) is 13.1. The van der Waals surface area contributed by atoms with E-state index in [0.29, 0.717) is 21.2 Å². The first-order valence-electron chi connectivity index (χ1n) is 7.52. The zero-order valence-electron chi connectivity index (χ0n) is 13.6. The predicted molar refractivity (Wildman–Crippen MR) is 100 cm³/mol. The highest BCUT2D eigenvalue weighted by Gasteiger charge is 2.33. The Morgan fingerprint density at radius 1 is 1.14 bits per heavy atom. The smallest absolute Gasteiger partial charge is 0.416 e. The fraction of sp³-hybridized carbons (Fsp3) is 0.118. The van der Waals surface area contributed by atoms with Crippen LogP contribution in [0.3, 0.4) is 0 Å². The van der Waals surface area contributed by atoms with E-state index in [9.17, 15) is 22.0 Å². The molecule has 3 aromatic rings. The van der Waals surface area contributed by atoms with Gasteiger partial charge in [0.2, 0.25) is 0 Å². The second-order valence-electron chi connectivity index (χ2n) is 5.42. The van der Waals surface area contributed by atoms with Gasteiger partial charge in [0.15, 0.2) is 27.6 Å². The molecule has 0 saturated carbocycles. The first kappa shape index (κ1) is 20.8. The van der Waals surface area contributed by atoms with Crippen LogP contribution in [0.25, 0.3) is 0 Å².